The van der Waals surface area contributed by atoms with Gasteiger partial charge in [0.05, 0.1) is 5.75 Å². The van der Waals surface area contributed by atoms with Gasteiger partial charge < -0.3 is 10.2 Å². The summed E-state index contributed by atoms with van der Waals surface area (Å²) >= 11 is 0. The summed E-state index contributed by atoms with van der Waals surface area (Å²) in [6.07, 6.45) is 0.654. The van der Waals surface area contributed by atoms with Gasteiger partial charge in [0, 0.05) is 31.9 Å². The Morgan fingerprint density at radius 1 is 1.14 bits per heavy atom. The molecule has 1 saturated heterocycles. The van der Waals surface area contributed by atoms with Crippen molar-refractivity contribution in [2.75, 3.05) is 37.2 Å². The first-order valence-electron chi connectivity index (χ1n) is 7.12. The van der Waals surface area contributed by atoms with E-state index >= 15 is 0 Å². The van der Waals surface area contributed by atoms with Crippen molar-refractivity contribution in [3.8, 4) is 0 Å². The van der Waals surface area contributed by atoms with Gasteiger partial charge in [0.15, 0.2) is 0 Å². The van der Waals surface area contributed by atoms with Gasteiger partial charge in [-0.2, -0.15) is 0 Å². The molecule has 1 N–H and O–H groups in total. The van der Waals surface area contributed by atoms with Crippen LogP contribution in [-0.2, 0) is 10.0 Å². The topological polar surface area (TPSA) is 69.7 Å². The molecule has 0 radical (unpaired) electrons. The normalized spacial score (nSPS) is 17.3. The molecular weight excluding hydrogens is 290 g/mol. The first kappa shape index (κ1) is 15.8. The Morgan fingerprint density at radius 3 is 2.52 bits per heavy atom. The van der Waals surface area contributed by atoms with Crippen LogP contribution in [0.2, 0.25) is 0 Å². The maximum absolute atomic E-state index is 12.2. The summed E-state index contributed by atoms with van der Waals surface area (Å²) < 4.78 is 25.2. The van der Waals surface area contributed by atoms with Crippen molar-refractivity contribution in [3.05, 3.63) is 30.3 Å². The molecule has 0 atom stereocenters. The van der Waals surface area contributed by atoms with E-state index in [4.69, 9.17) is 0 Å². The SMILES string of the molecule is CCS(=O)(=O)N1CCCN(C(=O)Nc2ccccc2)CC1. The second-order valence-corrected chi connectivity index (χ2v) is 7.19. The third-order valence-electron chi connectivity index (χ3n) is 3.53. The highest BCUT2D eigenvalue weighted by Gasteiger charge is 2.25. The molecule has 0 aromatic heterocycles. The Hall–Kier alpha value is -1.60. The van der Waals surface area contributed by atoms with Crippen LogP contribution in [0.25, 0.3) is 0 Å². The molecular formula is C14H21N3O3S. The smallest absolute Gasteiger partial charge is 0.321 e. The van der Waals surface area contributed by atoms with Gasteiger partial charge >= 0.3 is 6.03 Å². The lowest BCUT2D eigenvalue weighted by Gasteiger charge is -2.22. The molecule has 2 rings (SSSR count). The average Bonchev–Trinajstić information content (AvgIpc) is 2.75. The number of carbonyl (C=O) groups is 1. The number of rotatable bonds is 3. The summed E-state index contributed by atoms with van der Waals surface area (Å²) in [5.74, 6) is 0.100. The van der Waals surface area contributed by atoms with Crippen molar-refractivity contribution in [2.24, 2.45) is 0 Å². The van der Waals surface area contributed by atoms with Crippen LogP contribution in [0, 0.1) is 0 Å². The minimum absolute atomic E-state index is 0.100. The molecule has 1 aliphatic rings. The molecule has 1 aromatic rings. The lowest BCUT2D eigenvalue weighted by Crippen LogP contribution is -2.39. The highest BCUT2D eigenvalue weighted by molar-refractivity contribution is 7.89. The van der Waals surface area contributed by atoms with Gasteiger partial charge in [0.1, 0.15) is 0 Å². The lowest BCUT2D eigenvalue weighted by atomic mass is 10.3. The van der Waals surface area contributed by atoms with E-state index in [0.29, 0.717) is 32.6 Å². The van der Waals surface area contributed by atoms with Crippen LogP contribution in [-0.4, -0.2) is 55.6 Å². The van der Waals surface area contributed by atoms with Crippen molar-refractivity contribution in [2.45, 2.75) is 13.3 Å². The molecule has 1 aliphatic heterocycles. The summed E-state index contributed by atoms with van der Waals surface area (Å²) in [5, 5.41) is 2.83. The second-order valence-electron chi connectivity index (χ2n) is 4.94. The van der Waals surface area contributed by atoms with E-state index in [1.807, 2.05) is 30.3 Å². The Bertz CT molecular complexity index is 574. The number of carbonyl (C=O) groups excluding carboxylic acids is 1. The van der Waals surface area contributed by atoms with Gasteiger partial charge in [-0.1, -0.05) is 18.2 Å². The molecule has 0 unspecified atom stereocenters. The predicted molar refractivity (Wildman–Crippen MR) is 82.7 cm³/mol. The number of sulfonamides is 1. The number of para-hydroxylation sites is 1. The molecule has 1 aromatic carbocycles. The van der Waals surface area contributed by atoms with E-state index in [9.17, 15) is 13.2 Å². The van der Waals surface area contributed by atoms with Gasteiger partial charge in [-0.05, 0) is 25.5 Å². The summed E-state index contributed by atoms with van der Waals surface area (Å²) in [6.45, 7) is 3.45. The average molecular weight is 311 g/mol. The monoisotopic (exact) mass is 311 g/mol. The maximum atomic E-state index is 12.2. The number of benzene rings is 1. The lowest BCUT2D eigenvalue weighted by molar-refractivity contribution is 0.214. The Morgan fingerprint density at radius 2 is 1.86 bits per heavy atom. The molecule has 1 fully saturated rings. The van der Waals surface area contributed by atoms with E-state index in [0.717, 1.165) is 5.69 Å². The fourth-order valence-electron chi connectivity index (χ4n) is 2.28. The van der Waals surface area contributed by atoms with E-state index in [-0.39, 0.29) is 11.8 Å². The van der Waals surface area contributed by atoms with Crippen LogP contribution < -0.4 is 5.32 Å². The molecule has 0 bridgehead atoms. The number of nitrogens with one attached hydrogen (secondary N) is 1. The van der Waals surface area contributed by atoms with E-state index in [2.05, 4.69) is 5.32 Å². The summed E-state index contributed by atoms with van der Waals surface area (Å²) in [4.78, 5) is 13.9. The van der Waals surface area contributed by atoms with Crippen molar-refractivity contribution in [1.82, 2.24) is 9.21 Å². The molecule has 6 nitrogen and oxygen atoms in total. The molecule has 116 valence electrons. The zero-order valence-corrected chi connectivity index (χ0v) is 13.0. The van der Waals surface area contributed by atoms with Gasteiger partial charge in [0.25, 0.3) is 0 Å². The van der Waals surface area contributed by atoms with Crippen LogP contribution in [0.4, 0.5) is 10.5 Å². The summed E-state index contributed by atoms with van der Waals surface area (Å²) in [6, 6.07) is 9.06. The van der Waals surface area contributed by atoms with Crippen LogP contribution in [0.15, 0.2) is 30.3 Å². The maximum Gasteiger partial charge on any atom is 0.321 e. The van der Waals surface area contributed by atoms with E-state index in [1.165, 1.54) is 4.31 Å². The molecule has 7 heteroatoms. The molecule has 0 aliphatic carbocycles. The first-order valence-corrected chi connectivity index (χ1v) is 8.72. The second kappa shape index (κ2) is 6.91. The largest absolute Gasteiger partial charge is 0.323 e. The molecule has 2 amide bonds. The van der Waals surface area contributed by atoms with Crippen LogP contribution in [0.5, 0.6) is 0 Å². The van der Waals surface area contributed by atoms with Crippen molar-refractivity contribution in [1.29, 1.82) is 0 Å². The molecule has 0 spiro atoms. The van der Waals surface area contributed by atoms with Crippen molar-refractivity contribution in [3.63, 3.8) is 0 Å². The molecule has 1 heterocycles. The molecule has 21 heavy (non-hydrogen) atoms. The van der Waals surface area contributed by atoms with Crippen LogP contribution in [0.3, 0.4) is 0 Å². The highest BCUT2D eigenvalue weighted by atomic mass is 32.2. The quantitative estimate of drug-likeness (QED) is 0.921. The number of amides is 2. The first-order chi connectivity index (χ1) is 10.0. The summed E-state index contributed by atoms with van der Waals surface area (Å²) in [5.41, 5.74) is 0.741. The van der Waals surface area contributed by atoms with Crippen LogP contribution in [0.1, 0.15) is 13.3 Å². The van der Waals surface area contributed by atoms with Crippen molar-refractivity contribution >= 4 is 21.7 Å². The van der Waals surface area contributed by atoms with E-state index in [1.54, 1.807) is 11.8 Å². The minimum atomic E-state index is -3.18. The van der Waals surface area contributed by atoms with Gasteiger partial charge in [-0.25, -0.2) is 17.5 Å². The zero-order chi connectivity index (χ0) is 15.3. The number of urea groups is 1. The standard InChI is InChI=1S/C14H21N3O3S/c1-2-21(19,20)17-10-6-9-16(11-12-17)14(18)15-13-7-4-3-5-8-13/h3-5,7-8H,2,6,9-12H2,1H3,(H,15,18). The Labute approximate surface area is 125 Å². The minimum Gasteiger partial charge on any atom is -0.323 e. The number of anilines is 1. The van der Waals surface area contributed by atoms with Crippen LogP contribution >= 0.6 is 0 Å². The fourth-order valence-corrected chi connectivity index (χ4v) is 3.41. The van der Waals surface area contributed by atoms with Gasteiger partial charge in [-0.15, -0.1) is 0 Å². The molecule has 0 saturated carbocycles. The van der Waals surface area contributed by atoms with Gasteiger partial charge in [-0.3, -0.25) is 0 Å². The fraction of sp³-hybridized carbons (Fsp3) is 0.500. The number of hydrogen-bond acceptors (Lipinski definition) is 3. The van der Waals surface area contributed by atoms with E-state index < -0.39 is 10.0 Å². The Balaban J connectivity index is 1.95. The zero-order valence-electron chi connectivity index (χ0n) is 12.2. The third-order valence-corrected chi connectivity index (χ3v) is 5.41. The summed E-state index contributed by atoms with van der Waals surface area (Å²) in [7, 11) is -3.18. The van der Waals surface area contributed by atoms with Crippen molar-refractivity contribution < 1.29 is 13.2 Å². The highest BCUT2D eigenvalue weighted by Crippen LogP contribution is 2.11. The predicted octanol–water partition coefficient (Wildman–Crippen LogP) is 1.58. The third kappa shape index (κ3) is 4.18. The Kier molecular flexibility index (Phi) is 5.19. The number of nitrogens with zero attached hydrogens (tertiary/aromatic N) is 2. The number of hydrogen-bond donors (Lipinski definition) is 1. The van der Waals surface area contributed by atoms with Gasteiger partial charge in [0.2, 0.25) is 10.0 Å².